The van der Waals surface area contributed by atoms with Crippen LogP contribution < -0.4 is 0 Å². The van der Waals surface area contributed by atoms with Gasteiger partial charge >= 0.3 is 5.97 Å². The minimum absolute atomic E-state index is 0.180. The molecule has 0 spiro atoms. The highest BCUT2D eigenvalue weighted by molar-refractivity contribution is 5.85. The van der Waals surface area contributed by atoms with Gasteiger partial charge in [-0.3, -0.25) is 0 Å². The van der Waals surface area contributed by atoms with Crippen molar-refractivity contribution < 1.29 is 14.6 Å². The molecule has 62 valence electrons. The predicted octanol–water partition coefficient (Wildman–Crippen LogP) is 0.524. The van der Waals surface area contributed by atoms with Crippen LogP contribution in [0, 0.1) is 5.92 Å². The number of nitrogens with zero attached hydrogens (tertiary/aromatic N) is 1. The van der Waals surface area contributed by atoms with E-state index in [1.54, 1.807) is 0 Å². The Morgan fingerprint density at radius 1 is 1.82 bits per heavy atom. The minimum atomic E-state index is -0.916. The molecule has 0 aromatic heterocycles. The second-order valence-corrected chi connectivity index (χ2v) is 2.79. The summed E-state index contributed by atoms with van der Waals surface area (Å²) in [6.07, 6.45) is 0. The Morgan fingerprint density at radius 2 is 2.45 bits per heavy atom. The van der Waals surface area contributed by atoms with E-state index in [0.29, 0.717) is 5.90 Å². The molecule has 0 saturated carbocycles. The van der Waals surface area contributed by atoms with E-state index in [-0.39, 0.29) is 12.5 Å². The minimum Gasteiger partial charge on any atom is -0.480 e. The van der Waals surface area contributed by atoms with Crippen LogP contribution in [0.5, 0.6) is 0 Å². The van der Waals surface area contributed by atoms with Gasteiger partial charge in [-0.2, -0.15) is 0 Å². The van der Waals surface area contributed by atoms with Crippen molar-refractivity contribution in [2.75, 3.05) is 6.61 Å². The quantitative estimate of drug-likeness (QED) is 0.635. The van der Waals surface area contributed by atoms with Crippen molar-refractivity contribution in [2.24, 2.45) is 10.9 Å². The lowest BCUT2D eigenvalue weighted by atomic mass is 10.2. The summed E-state index contributed by atoms with van der Waals surface area (Å²) in [5.74, 6) is -0.183. The first-order chi connectivity index (χ1) is 5.11. The zero-order valence-electron chi connectivity index (χ0n) is 6.57. The molecule has 0 saturated heterocycles. The first-order valence-corrected chi connectivity index (χ1v) is 3.54. The number of hydrogen-bond donors (Lipinski definition) is 1. The van der Waals surface area contributed by atoms with E-state index in [1.807, 2.05) is 13.8 Å². The maximum absolute atomic E-state index is 10.4. The first kappa shape index (κ1) is 8.04. The molecule has 0 aromatic rings. The van der Waals surface area contributed by atoms with Crippen LogP contribution in [-0.4, -0.2) is 29.6 Å². The summed E-state index contributed by atoms with van der Waals surface area (Å²) in [4.78, 5) is 14.3. The Morgan fingerprint density at radius 3 is 2.73 bits per heavy atom. The molecule has 11 heavy (non-hydrogen) atoms. The summed E-state index contributed by atoms with van der Waals surface area (Å²) in [6.45, 7) is 4.02. The van der Waals surface area contributed by atoms with E-state index in [2.05, 4.69) is 4.99 Å². The second-order valence-electron chi connectivity index (χ2n) is 2.79. The zero-order chi connectivity index (χ0) is 8.43. The van der Waals surface area contributed by atoms with Gasteiger partial charge in [0, 0.05) is 5.92 Å². The highest BCUT2D eigenvalue weighted by Gasteiger charge is 2.26. The Labute approximate surface area is 64.9 Å². The average molecular weight is 157 g/mol. The molecule has 0 bridgehead atoms. The van der Waals surface area contributed by atoms with E-state index in [4.69, 9.17) is 9.84 Å². The molecule has 4 heteroatoms. The van der Waals surface area contributed by atoms with Gasteiger partial charge in [0.15, 0.2) is 11.9 Å². The third kappa shape index (κ3) is 1.69. The predicted molar refractivity (Wildman–Crippen MR) is 39.6 cm³/mol. The lowest BCUT2D eigenvalue weighted by Gasteiger charge is -2.01. The Kier molecular flexibility index (Phi) is 2.12. The third-order valence-electron chi connectivity index (χ3n) is 1.45. The van der Waals surface area contributed by atoms with Crippen LogP contribution in [-0.2, 0) is 9.53 Å². The van der Waals surface area contributed by atoms with Crippen LogP contribution in [0.3, 0.4) is 0 Å². The van der Waals surface area contributed by atoms with Crippen LogP contribution in [0.15, 0.2) is 4.99 Å². The maximum Gasteiger partial charge on any atom is 0.332 e. The lowest BCUT2D eigenvalue weighted by Crippen LogP contribution is -2.18. The fraction of sp³-hybridized carbons (Fsp3) is 0.714. The first-order valence-electron chi connectivity index (χ1n) is 3.54. The van der Waals surface area contributed by atoms with Gasteiger partial charge in [0.1, 0.15) is 6.61 Å². The SMILES string of the molecule is CC(C)C1=N[C@H](C(=O)O)CO1. The molecule has 0 aromatic carbocycles. The summed E-state index contributed by atoms with van der Waals surface area (Å²) in [5.41, 5.74) is 0. The molecule has 0 unspecified atom stereocenters. The van der Waals surface area contributed by atoms with Crippen LogP contribution in [0.4, 0.5) is 0 Å². The largest absolute Gasteiger partial charge is 0.480 e. The number of aliphatic carboxylic acids is 1. The summed E-state index contributed by atoms with van der Waals surface area (Å²) >= 11 is 0. The van der Waals surface area contributed by atoms with Gasteiger partial charge in [-0.25, -0.2) is 9.79 Å². The third-order valence-corrected chi connectivity index (χ3v) is 1.45. The van der Waals surface area contributed by atoms with E-state index >= 15 is 0 Å². The van der Waals surface area contributed by atoms with Gasteiger partial charge in [-0.05, 0) is 0 Å². The van der Waals surface area contributed by atoms with Crippen LogP contribution in [0.25, 0.3) is 0 Å². The molecule has 1 aliphatic rings. The molecular weight excluding hydrogens is 146 g/mol. The number of carboxylic acid groups (broad SMARTS) is 1. The number of carboxylic acids is 1. The fourth-order valence-corrected chi connectivity index (χ4v) is 0.835. The van der Waals surface area contributed by atoms with Gasteiger partial charge in [0.2, 0.25) is 0 Å². The summed E-state index contributed by atoms with van der Waals surface area (Å²) < 4.78 is 5.06. The van der Waals surface area contributed by atoms with Gasteiger partial charge in [0.25, 0.3) is 0 Å². The van der Waals surface area contributed by atoms with E-state index < -0.39 is 12.0 Å². The van der Waals surface area contributed by atoms with Gasteiger partial charge in [0.05, 0.1) is 0 Å². The van der Waals surface area contributed by atoms with Gasteiger partial charge in [-0.15, -0.1) is 0 Å². The van der Waals surface area contributed by atoms with Gasteiger partial charge < -0.3 is 9.84 Å². The normalized spacial score (nSPS) is 23.2. The van der Waals surface area contributed by atoms with Crippen molar-refractivity contribution in [1.82, 2.24) is 0 Å². The van der Waals surface area contributed by atoms with Crippen molar-refractivity contribution in [1.29, 1.82) is 0 Å². The molecular formula is C7H11NO3. The molecule has 1 atom stereocenters. The highest BCUT2D eigenvalue weighted by atomic mass is 16.5. The topological polar surface area (TPSA) is 58.9 Å². The molecule has 1 rings (SSSR count). The summed E-state index contributed by atoms with van der Waals surface area (Å²) in [7, 11) is 0. The van der Waals surface area contributed by atoms with Crippen LogP contribution >= 0.6 is 0 Å². The standard InChI is InChI=1S/C7H11NO3/c1-4(2)6-8-5(3-11-6)7(9)10/h4-5H,3H2,1-2H3,(H,9,10)/t5-/m0/s1. The molecule has 1 heterocycles. The molecule has 4 nitrogen and oxygen atoms in total. The van der Waals surface area contributed by atoms with Gasteiger partial charge in [-0.1, -0.05) is 13.8 Å². The monoisotopic (exact) mass is 157 g/mol. The van der Waals surface area contributed by atoms with Crippen molar-refractivity contribution in [2.45, 2.75) is 19.9 Å². The van der Waals surface area contributed by atoms with Crippen LogP contribution in [0.1, 0.15) is 13.8 Å². The molecule has 0 amide bonds. The summed E-state index contributed by atoms with van der Waals surface area (Å²) in [5, 5.41) is 8.53. The smallest absolute Gasteiger partial charge is 0.332 e. The molecule has 1 aliphatic heterocycles. The van der Waals surface area contributed by atoms with E-state index in [0.717, 1.165) is 0 Å². The number of hydrogen-bond acceptors (Lipinski definition) is 3. The number of carbonyl (C=O) groups is 1. The molecule has 0 aliphatic carbocycles. The van der Waals surface area contributed by atoms with E-state index in [9.17, 15) is 4.79 Å². The van der Waals surface area contributed by atoms with Crippen molar-refractivity contribution in [3.8, 4) is 0 Å². The molecule has 0 radical (unpaired) electrons. The number of aliphatic imine (C=N–C) groups is 1. The Balaban J connectivity index is 2.61. The second kappa shape index (κ2) is 2.90. The van der Waals surface area contributed by atoms with Crippen molar-refractivity contribution in [3.05, 3.63) is 0 Å². The van der Waals surface area contributed by atoms with Crippen LogP contribution in [0.2, 0.25) is 0 Å². The van der Waals surface area contributed by atoms with Crippen molar-refractivity contribution in [3.63, 3.8) is 0 Å². The molecule has 0 fully saturated rings. The lowest BCUT2D eigenvalue weighted by molar-refractivity contribution is -0.138. The maximum atomic E-state index is 10.4. The average Bonchev–Trinajstić information content (AvgIpc) is 2.33. The fourth-order valence-electron chi connectivity index (χ4n) is 0.835. The zero-order valence-corrected chi connectivity index (χ0v) is 6.57. The Bertz CT molecular complexity index is 198. The number of ether oxygens (including phenoxy) is 1. The Hall–Kier alpha value is -1.06. The molecule has 1 N–H and O–H groups in total. The summed E-state index contributed by atoms with van der Waals surface area (Å²) in [6, 6.07) is -0.688. The van der Waals surface area contributed by atoms with Crippen molar-refractivity contribution >= 4 is 11.9 Å². The highest BCUT2D eigenvalue weighted by Crippen LogP contribution is 2.10. The number of rotatable bonds is 2. The van der Waals surface area contributed by atoms with E-state index in [1.165, 1.54) is 0 Å².